The normalized spacial score (nSPS) is 16.7. The van der Waals surface area contributed by atoms with Crippen LogP contribution in [0.4, 0.5) is 33.3 Å². The molecule has 0 radical (unpaired) electrons. The molecule has 7 rings (SSSR count). The Morgan fingerprint density at radius 1 is 1.10 bits per heavy atom. The first kappa shape index (κ1) is 33.4. The molecule has 2 aliphatic rings. The molecule has 0 unspecified atom stereocenters. The molecule has 5 aromatic rings. The van der Waals surface area contributed by atoms with E-state index in [0.29, 0.717) is 47.3 Å². The first-order valence-electron chi connectivity index (χ1n) is 16.1. The second-order valence-corrected chi connectivity index (χ2v) is 12.7. The van der Waals surface area contributed by atoms with Crippen LogP contribution in [0.15, 0.2) is 61.1 Å². The third kappa shape index (κ3) is 5.71. The molecule has 0 saturated carbocycles. The molecule has 0 bridgehead atoms. The molecule has 0 spiro atoms. The largest absolute Gasteiger partial charge is 0.417 e. The van der Waals surface area contributed by atoms with Crippen LogP contribution in [0.5, 0.6) is 0 Å². The van der Waals surface area contributed by atoms with E-state index in [2.05, 4.69) is 10.3 Å². The van der Waals surface area contributed by atoms with Gasteiger partial charge in [0.2, 0.25) is 11.7 Å². The van der Waals surface area contributed by atoms with Gasteiger partial charge in [0.15, 0.2) is 0 Å². The van der Waals surface area contributed by atoms with E-state index in [1.54, 1.807) is 37.2 Å². The number of rotatable bonds is 7. The molecule has 1 fully saturated rings. The molecule has 0 aliphatic carbocycles. The second kappa shape index (κ2) is 12.7. The first-order valence-corrected chi connectivity index (χ1v) is 16.1. The van der Waals surface area contributed by atoms with Gasteiger partial charge in [-0.3, -0.25) is 14.5 Å². The third-order valence-electron chi connectivity index (χ3n) is 9.64. The van der Waals surface area contributed by atoms with Gasteiger partial charge in [-0.1, -0.05) is 12.1 Å². The Morgan fingerprint density at radius 2 is 1.86 bits per heavy atom. The summed E-state index contributed by atoms with van der Waals surface area (Å²) in [6.45, 7) is 1.46. The summed E-state index contributed by atoms with van der Waals surface area (Å²) >= 11 is 0. The summed E-state index contributed by atoms with van der Waals surface area (Å²) in [5, 5.41) is 11.6. The van der Waals surface area contributed by atoms with Gasteiger partial charge in [0.05, 0.1) is 40.9 Å². The molecular weight excluding hydrogens is 659 g/mol. The van der Waals surface area contributed by atoms with Crippen LogP contribution >= 0.6 is 0 Å². The Labute approximate surface area is 283 Å². The highest BCUT2D eigenvalue weighted by Gasteiger charge is 2.39. The van der Waals surface area contributed by atoms with Gasteiger partial charge in [0, 0.05) is 62.2 Å². The minimum Gasteiger partial charge on any atom is -0.395 e. The molecule has 1 saturated heterocycles. The number of halogens is 5. The number of alkyl halides is 3. The van der Waals surface area contributed by atoms with Gasteiger partial charge >= 0.3 is 6.18 Å². The first-order chi connectivity index (χ1) is 23.9. The Morgan fingerprint density at radius 3 is 2.58 bits per heavy atom. The van der Waals surface area contributed by atoms with Crippen LogP contribution in [0, 0.1) is 11.6 Å². The van der Waals surface area contributed by atoms with E-state index >= 15 is 8.78 Å². The van der Waals surface area contributed by atoms with Crippen LogP contribution in [0.3, 0.4) is 0 Å². The zero-order valence-corrected chi connectivity index (χ0v) is 27.2. The maximum Gasteiger partial charge on any atom is 0.417 e. The van der Waals surface area contributed by atoms with Gasteiger partial charge in [-0.15, -0.1) is 0 Å². The molecule has 3 aromatic heterocycles. The van der Waals surface area contributed by atoms with Crippen LogP contribution in [0.2, 0.25) is 0 Å². The summed E-state index contributed by atoms with van der Waals surface area (Å²) in [5.74, 6) is -3.86. The zero-order valence-electron chi connectivity index (χ0n) is 27.2. The SMILES string of the molecule is CN1CCc2cc(C(=O)c3cc(F)c(NC(=O)/C=C/CN4CCC[C@H]4CO)c(F)c3)n3cccc(c23)-c2c(C(F)(F)F)cc3c(ncn3C)c21. The fraction of sp³-hybridized carbons (Fsp3) is 0.306. The number of nitrogens with one attached hydrogen (secondary N) is 1. The number of nitrogens with zero attached hydrogens (tertiary/aromatic N) is 5. The van der Waals surface area contributed by atoms with E-state index in [1.807, 2.05) is 4.90 Å². The Hall–Kier alpha value is -5.08. The van der Waals surface area contributed by atoms with Crippen molar-refractivity contribution in [1.29, 1.82) is 0 Å². The number of amides is 1. The number of ketones is 1. The van der Waals surface area contributed by atoms with Crippen molar-refractivity contribution in [2.75, 3.05) is 43.5 Å². The van der Waals surface area contributed by atoms with Crippen LogP contribution in [-0.2, 0) is 24.4 Å². The van der Waals surface area contributed by atoms with Crippen molar-refractivity contribution in [3.8, 4) is 11.1 Å². The quantitative estimate of drug-likeness (QED) is 0.124. The highest BCUT2D eigenvalue weighted by molar-refractivity contribution is 6.11. The van der Waals surface area contributed by atoms with E-state index < -0.39 is 40.8 Å². The Balaban J connectivity index is 1.25. The summed E-state index contributed by atoms with van der Waals surface area (Å²) in [6.07, 6.45) is 3.10. The third-order valence-corrected chi connectivity index (χ3v) is 9.64. The molecule has 1 atom stereocenters. The number of imidazole rings is 1. The van der Waals surface area contributed by atoms with Crippen molar-refractivity contribution >= 4 is 39.6 Å². The molecule has 2 aliphatic heterocycles. The number of aromatic nitrogens is 3. The lowest BCUT2D eigenvalue weighted by Crippen LogP contribution is -2.32. The number of carbonyl (C=O) groups excluding carboxylic acids is 2. The number of hydrogen-bond donors (Lipinski definition) is 2. The molecule has 9 nitrogen and oxygen atoms in total. The number of aliphatic hydroxyl groups is 1. The van der Waals surface area contributed by atoms with Gasteiger partial charge in [-0.05, 0) is 61.7 Å². The van der Waals surface area contributed by atoms with Crippen molar-refractivity contribution in [2.45, 2.75) is 31.5 Å². The summed E-state index contributed by atoms with van der Waals surface area (Å²) in [5.41, 5.74) is 0.259. The highest BCUT2D eigenvalue weighted by atomic mass is 19.4. The summed E-state index contributed by atoms with van der Waals surface area (Å²) in [7, 11) is 3.32. The lowest BCUT2D eigenvalue weighted by molar-refractivity contribution is -0.137. The van der Waals surface area contributed by atoms with E-state index in [9.17, 15) is 27.9 Å². The number of fused-ring (bicyclic) bond motifs is 4. The van der Waals surface area contributed by atoms with E-state index in [-0.39, 0.29) is 35.0 Å². The molecular formula is C36H33F5N6O3. The van der Waals surface area contributed by atoms with E-state index in [4.69, 9.17) is 0 Å². The number of hydrogen-bond acceptors (Lipinski definition) is 6. The fourth-order valence-corrected chi connectivity index (χ4v) is 7.20. The van der Waals surface area contributed by atoms with Crippen LogP contribution in [0.25, 0.3) is 27.7 Å². The summed E-state index contributed by atoms with van der Waals surface area (Å²) in [6, 6.07) is 7.37. The molecule has 2 N–H and O–H groups in total. The number of aliphatic hydroxyl groups excluding tert-OH is 1. The number of benzene rings is 2. The van der Waals surface area contributed by atoms with Crippen molar-refractivity contribution < 1.29 is 36.6 Å². The molecule has 50 heavy (non-hydrogen) atoms. The highest BCUT2D eigenvalue weighted by Crippen LogP contribution is 2.48. The van der Waals surface area contributed by atoms with Crippen molar-refractivity contribution in [2.24, 2.45) is 7.05 Å². The van der Waals surface area contributed by atoms with Gasteiger partial charge in [-0.25, -0.2) is 13.8 Å². The Bertz CT molecular complexity index is 2180. The van der Waals surface area contributed by atoms with Crippen LogP contribution in [-0.4, -0.2) is 75.0 Å². The monoisotopic (exact) mass is 692 g/mol. The van der Waals surface area contributed by atoms with Crippen LogP contribution in [0.1, 0.15) is 40.0 Å². The molecule has 1 amide bonds. The Kier molecular flexibility index (Phi) is 8.47. The standard InChI is InChI=1S/C36H33F5N6O3/c1-44-13-9-20-16-28(35(50)21-14-25(37)31(26(38)15-21)43-29(49)8-5-11-46-10-3-6-22(46)18-48)47-12-4-7-23(33(20)47)30-24(36(39,40)41)17-27-32(34(30)44)42-19-45(27)2/h4-5,7-8,12,14-17,19,22,48H,3,6,9-11,13,18H2,1-2H3,(H,43,49)/b8-5+/t22-/m0/s1. The number of carbonyl (C=O) groups is 2. The van der Waals surface area contributed by atoms with Crippen LogP contribution < -0.4 is 10.2 Å². The fourth-order valence-electron chi connectivity index (χ4n) is 7.20. The second-order valence-electron chi connectivity index (χ2n) is 12.7. The average molecular weight is 693 g/mol. The smallest absolute Gasteiger partial charge is 0.395 e. The van der Waals surface area contributed by atoms with Gasteiger partial charge < -0.3 is 24.3 Å². The summed E-state index contributed by atoms with van der Waals surface area (Å²) in [4.78, 5) is 34.5. The molecule has 2 aromatic carbocycles. The maximum atomic E-state index is 15.3. The van der Waals surface area contributed by atoms with Gasteiger partial charge in [0.1, 0.15) is 22.8 Å². The molecule has 260 valence electrons. The number of anilines is 2. The topological polar surface area (TPSA) is 95.1 Å². The number of likely N-dealkylation sites (tertiary alicyclic amines) is 1. The number of aryl methyl sites for hydroxylation is 1. The molecule has 14 heteroatoms. The average Bonchev–Trinajstić information content (AvgIpc) is 3.79. The van der Waals surface area contributed by atoms with E-state index in [1.165, 1.54) is 27.6 Å². The summed E-state index contributed by atoms with van der Waals surface area (Å²) < 4.78 is 77.8. The number of pyridine rings is 1. The van der Waals surface area contributed by atoms with Gasteiger partial charge in [-0.2, -0.15) is 13.2 Å². The lowest BCUT2D eigenvalue weighted by Gasteiger charge is -2.28. The zero-order chi connectivity index (χ0) is 35.5. The molecule has 5 heterocycles. The van der Waals surface area contributed by atoms with E-state index in [0.717, 1.165) is 43.7 Å². The minimum atomic E-state index is -4.72. The minimum absolute atomic E-state index is 0.00231. The predicted molar refractivity (Wildman–Crippen MR) is 178 cm³/mol. The predicted octanol–water partition coefficient (Wildman–Crippen LogP) is 5.96. The van der Waals surface area contributed by atoms with Crippen molar-refractivity contribution in [3.63, 3.8) is 0 Å². The van der Waals surface area contributed by atoms with Crippen molar-refractivity contribution in [1.82, 2.24) is 18.9 Å². The van der Waals surface area contributed by atoms with Crippen molar-refractivity contribution in [3.05, 3.63) is 95.1 Å². The lowest BCUT2D eigenvalue weighted by atomic mass is 9.92. The number of likely N-dealkylation sites (N-methyl/N-ethyl adjacent to an activating group) is 1. The van der Waals surface area contributed by atoms with Gasteiger partial charge in [0.25, 0.3) is 0 Å². The maximum absolute atomic E-state index is 15.3.